The fourth-order valence-corrected chi connectivity index (χ4v) is 3.28. The highest BCUT2D eigenvalue weighted by molar-refractivity contribution is 5.87. The zero-order valence-corrected chi connectivity index (χ0v) is 15.4. The number of benzene rings is 1. The lowest BCUT2D eigenvalue weighted by molar-refractivity contribution is 0.162. The van der Waals surface area contributed by atoms with Crippen LogP contribution in [0, 0.1) is 0 Å². The average molecular weight is 346 g/mol. The van der Waals surface area contributed by atoms with Crippen LogP contribution < -0.4 is 9.64 Å². The van der Waals surface area contributed by atoms with E-state index in [0.717, 1.165) is 42.8 Å². The molecule has 1 atom stereocenters. The van der Waals surface area contributed by atoms with E-state index in [1.165, 1.54) is 17.7 Å². The number of ether oxygens (including phenoxy) is 1. The Labute approximate surface area is 150 Å². The third-order valence-corrected chi connectivity index (χ3v) is 4.77. The van der Waals surface area contributed by atoms with Gasteiger partial charge in [0.25, 0.3) is 0 Å². The molecule has 2 rings (SSSR count). The number of carbonyl (C=O) groups is 1. The van der Waals surface area contributed by atoms with E-state index in [1.54, 1.807) is 0 Å². The first-order valence-corrected chi connectivity index (χ1v) is 9.14. The number of hydrogen-bond acceptors (Lipinski definition) is 3. The normalized spacial score (nSPS) is 14.9. The third kappa shape index (κ3) is 5.23. The van der Waals surface area contributed by atoms with E-state index in [2.05, 4.69) is 25.5 Å². The van der Waals surface area contributed by atoms with Crippen LogP contribution >= 0.6 is 0 Å². The Hall–Kier alpha value is -2.01. The average Bonchev–Trinajstić information content (AvgIpc) is 2.61. The molecule has 1 aromatic carbocycles. The number of unbranched alkanes of at least 4 members (excludes halogenated alkanes) is 1. The minimum absolute atomic E-state index is 0.351. The van der Waals surface area contributed by atoms with E-state index >= 15 is 0 Å². The van der Waals surface area contributed by atoms with Crippen molar-refractivity contribution >= 4 is 11.8 Å². The van der Waals surface area contributed by atoms with Crippen LogP contribution in [-0.2, 0) is 6.42 Å². The number of nitrogens with zero attached hydrogens (tertiary/aromatic N) is 2. The zero-order chi connectivity index (χ0) is 18.2. The predicted molar refractivity (Wildman–Crippen MR) is 102 cm³/mol. The monoisotopic (exact) mass is 346 g/mol. The Bertz CT molecular complexity index is 588. The highest BCUT2D eigenvalue weighted by atomic mass is 16.5. The van der Waals surface area contributed by atoms with E-state index < -0.39 is 6.09 Å². The maximum absolute atomic E-state index is 11.3. The fourth-order valence-electron chi connectivity index (χ4n) is 3.28. The van der Waals surface area contributed by atoms with Gasteiger partial charge in [-0.25, -0.2) is 4.79 Å². The minimum atomic E-state index is -0.889. The van der Waals surface area contributed by atoms with Crippen molar-refractivity contribution < 1.29 is 14.6 Å². The van der Waals surface area contributed by atoms with Gasteiger partial charge in [0.2, 0.25) is 0 Å². The zero-order valence-electron chi connectivity index (χ0n) is 15.4. The largest absolute Gasteiger partial charge is 0.492 e. The van der Waals surface area contributed by atoms with Gasteiger partial charge in [-0.05, 0) is 50.1 Å². The topological polar surface area (TPSA) is 53.0 Å². The smallest absolute Gasteiger partial charge is 0.411 e. The molecule has 0 spiro atoms. The molecule has 1 unspecified atom stereocenters. The summed E-state index contributed by atoms with van der Waals surface area (Å²) in [6, 6.07) is 6.09. The second kappa shape index (κ2) is 9.47. The summed E-state index contributed by atoms with van der Waals surface area (Å²) in [5.41, 5.74) is 1.84. The van der Waals surface area contributed by atoms with Gasteiger partial charge in [0.1, 0.15) is 12.4 Å². The van der Waals surface area contributed by atoms with E-state index in [1.807, 2.05) is 24.3 Å². The molecule has 5 nitrogen and oxygen atoms in total. The van der Waals surface area contributed by atoms with Crippen molar-refractivity contribution in [2.24, 2.45) is 0 Å². The summed E-state index contributed by atoms with van der Waals surface area (Å²) >= 11 is 0. The van der Waals surface area contributed by atoms with Crippen molar-refractivity contribution in [3.8, 4) is 5.75 Å². The molecule has 1 aliphatic heterocycles. The maximum atomic E-state index is 11.3. The number of carboxylic acid groups (broad SMARTS) is 1. The Morgan fingerprint density at radius 3 is 3.00 bits per heavy atom. The highest BCUT2D eigenvalue weighted by Crippen LogP contribution is 2.30. The van der Waals surface area contributed by atoms with E-state index in [0.29, 0.717) is 19.2 Å². The fraction of sp³-hybridized carbons (Fsp3) is 0.550. The van der Waals surface area contributed by atoms with Gasteiger partial charge >= 0.3 is 6.09 Å². The Morgan fingerprint density at radius 1 is 1.52 bits per heavy atom. The first-order chi connectivity index (χ1) is 12.1. The molecule has 0 saturated heterocycles. The van der Waals surface area contributed by atoms with Crippen molar-refractivity contribution in [1.82, 2.24) is 4.90 Å². The van der Waals surface area contributed by atoms with Gasteiger partial charge in [-0.3, -0.25) is 9.80 Å². The van der Waals surface area contributed by atoms with Gasteiger partial charge in [-0.2, -0.15) is 0 Å². The van der Waals surface area contributed by atoms with Gasteiger partial charge in [0.15, 0.2) is 0 Å². The standard InChI is InChI=1S/C20H30N2O3/c1-4-6-9-17(21(3)12-5-2)15-25-18-10-11-19-16(14-18)8-7-13-22(19)20(23)24/h5,10-11,14,17H,2,4,6-9,12-13,15H2,1,3H3,(H,23,24). The molecule has 0 aromatic heterocycles. The molecule has 0 saturated carbocycles. The summed E-state index contributed by atoms with van der Waals surface area (Å²) in [6.45, 7) is 8.05. The number of amides is 1. The quantitative estimate of drug-likeness (QED) is 0.682. The molecule has 25 heavy (non-hydrogen) atoms. The second-order valence-corrected chi connectivity index (χ2v) is 6.66. The van der Waals surface area contributed by atoms with Crippen LogP contribution in [-0.4, -0.2) is 48.9 Å². The lowest BCUT2D eigenvalue weighted by Gasteiger charge is -2.29. The Balaban J connectivity index is 2.04. The summed E-state index contributed by atoms with van der Waals surface area (Å²) in [5, 5.41) is 9.31. The molecule has 0 bridgehead atoms. The van der Waals surface area contributed by atoms with Crippen LogP contribution in [0.25, 0.3) is 0 Å². The summed E-state index contributed by atoms with van der Waals surface area (Å²) in [4.78, 5) is 15.0. The molecule has 1 aromatic rings. The van der Waals surface area contributed by atoms with Crippen molar-refractivity contribution in [1.29, 1.82) is 0 Å². The Morgan fingerprint density at radius 2 is 2.32 bits per heavy atom. The third-order valence-electron chi connectivity index (χ3n) is 4.77. The molecule has 138 valence electrons. The van der Waals surface area contributed by atoms with Crippen LogP contribution in [0.15, 0.2) is 30.9 Å². The predicted octanol–water partition coefficient (Wildman–Crippen LogP) is 4.17. The molecule has 5 heteroatoms. The first kappa shape index (κ1) is 19.3. The van der Waals surface area contributed by atoms with E-state index in [9.17, 15) is 9.90 Å². The molecule has 1 N–H and O–H groups in total. The van der Waals surface area contributed by atoms with Gasteiger partial charge in [0.05, 0.1) is 5.69 Å². The van der Waals surface area contributed by atoms with Gasteiger partial charge in [-0.15, -0.1) is 6.58 Å². The van der Waals surface area contributed by atoms with Gasteiger partial charge in [0, 0.05) is 19.1 Å². The molecule has 1 amide bonds. The van der Waals surface area contributed by atoms with Crippen LogP contribution in [0.1, 0.15) is 38.2 Å². The number of aryl methyl sites for hydroxylation is 1. The van der Waals surface area contributed by atoms with Crippen LogP contribution in [0.2, 0.25) is 0 Å². The molecule has 1 heterocycles. The molecule has 0 fully saturated rings. The van der Waals surface area contributed by atoms with Crippen molar-refractivity contribution in [3.05, 3.63) is 36.4 Å². The lowest BCUT2D eigenvalue weighted by Crippen LogP contribution is -2.37. The summed E-state index contributed by atoms with van der Waals surface area (Å²) < 4.78 is 6.05. The number of rotatable bonds is 9. The lowest BCUT2D eigenvalue weighted by atomic mass is 10.0. The number of fused-ring (bicyclic) bond motifs is 1. The van der Waals surface area contributed by atoms with Gasteiger partial charge in [-0.1, -0.05) is 25.8 Å². The van der Waals surface area contributed by atoms with Crippen LogP contribution in [0.4, 0.5) is 10.5 Å². The molecular formula is C20H30N2O3. The van der Waals surface area contributed by atoms with Crippen molar-refractivity contribution in [3.63, 3.8) is 0 Å². The summed E-state index contributed by atoms with van der Waals surface area (Å²) in [7, 11) is 2.10. The van der Waals surface area contributed by atoms with Gasteiger partial charge < -0.3 is 9.84 Å². The highest BCUT2D eigenvalue weighted by Gasteiger charge is 2.22. The van der Waals surface area contributed by atoms with Crippen LogP contribution in [0.3, 0.4) is 0 Å². The maximum Gasteiger partial charge on any atom is 0.411 e. The molecule has 0 radical (unpaired) electrons. The molecule has 1 aliphatic rings. The number of hydrogen-bond donors (Lipinski definition) is 1. The number of likely N-dealkylation sites (N-methyl/N-ethyl adjacent to an activating group) is 1. The molecule has 0 aliphatic carbocycles. The van der Waals surface area contributed by atoms with Crippen molar-refractivity contribution in [2.45, 2.75) is 45.1 Å². The minimum Gasteiger partial charge on any atom is -0.492 e. The van der Waals surface area contributed by atoms with Crippen molar-refractivity contribution in [2.75, 3.05) is 31.6 Å². The molecular weight excluding hydrogens is 316 g/mol. The first-order valence-electron chi connectivity index (χ1n) is 9.14. The SMILES string of the molecule is C=CCN(C)C(CCCC)COc1ccc2c(c1)CCCN2C(=O)O. The number of anilines is 1. The second-order valence-electron chi connectivity index (χ2n) is 6.66. The summed E-state index contributed by atoms with van der Waals surface area (Å²) in [5.74, 6) is 0.819. The van der Waals surface area contributed by atoms with E-state index in [-0.39, 0.29) is 0 Å². The Kier molecular flexibility index (Phi) is 7.31. The summed E-state index contributed by atoms with van der Waals surface area (Å²) in [6.07, 6.45) is 6.21. The van der Waals surface area contributed by atoms with E-state index in [4.69, 9.17) is 4.74 Å². The van der Waals surface area contributed by atoms with Crippen LogP contribution in [0.5, 0.6) is 5.75 Å².